The summed E-state index contributed by atoms with van der Waals surface area (Å²) in [6.45, 7) is 0. The van der Waals surface area contributed by atoms with E-state index in [9.17, 15) is 29.7 Å². The molecule has 2 aliphatic rings. The first-order valence-electron chi connectivity index (χ1n) is 10.2. The van der Waals surface area contributed by atoms with Crippen molar-refractivity contribution in [3.63, 3.8) is 0 Å². The zero-order valence-electron chi connectivity index (χ0n) is 17.7. The largest absolute Gasteiger partial charge is 0.508 e. The van der Waals surface area contributed by atoms with Gasteiger partial charge in [-0.3, -0.25) is 14.5 Å². The molecule has 2 unspecified atom stereocenters. The fourth-order valence-electron chi connectivity index (χ4n) is 3.76. The lowest BCUT2D eigenvalue weighted by Crippen LogP contribution is -2.70. The number of carboxylic acids is 1. The van der Waals surface area contributed by atoms with Gasteiger partial charge in [0.25, 0.3) is 11.8 Å². The topological polar surface area (TPSA) is 183 Å². The number of amides is 2. The Hall–Kier alpha value is -3.69. The third-order valence-corrected chi connectivity index (χ3v) is 7.81. The Morgan fingerprint density at radius 3 is 2.83 bits per heavy atom. The quantitative estimate of drug-likeness (QED) is 0.240. The summed E-state index contributed by atoms with van der Waals surface area (Å²) in [5.74, 6) is -2.36. The number of carboxylic acid groups (broad SMARTS) is 1. The summed E-state index contributed by atoms with van der Waals surface area (Å²) in [6, 6.07) is 8.23. The van der Waals surface area contributed by atoms with Crippen molar-refractivity contribution in [1.82, 2.24) is 35.5 Å². The number of rotatable bonds is 7. The molecule has 2 amide bonds. The summed E-state index contributed by atoms with van der Waals surface area (Å²) in [5.41, 5.74) is 0.891. The first-order chi connectivity index (χ1) is 16.8. The third kappa shape index (κ3) is 4.17. The molecular formula is C20H17N7O6S2. The van der Waals surface area contributed by atoms with Crippen molar-refractivity contribution in [3.05, 3.63) is 53.2 Å². The van der Waals surface area contributed by atoms with Crippen molar-refractivity contribution in [2.24, 2.45) is 0 Å². The van der Waals surface area contributed by atoms with Crippen LogP contribution in [0, 0.1) is 0 Å². The number of hydrogen-bond acceptors (Lipinski definition) is 11. The minimum atomic E-state index is -1.68. The average Bonchev–Trinajstić information content (AvgIpc) is 3.33. The number of carbonyl (C=O) groups is 3. The van der Waals surface area contributed by atoms with Gasteiger partial charge in [0, 0.05) is 17.1 Å². The van der Waals surface area contributed by atoms with Crippen LogP contribution >= 0.6 is 23.5 Å². The highest BCUT2D eigenvalue weighted by Crippen LogP contribution is 2.41. The third-order valence-electron chi connectivity index (χ3n) is 5.47. The number of β-lactam (4-membered cyclic amide) rings is 1. The van der Waals surface area contributed by atoms with Gasteiger partial charge in [-0.05, 0) is 34.2 Å². The number of aromatic nitrogens is 5. The molecule has 0 radical (unpaired) electrons. The highest BCUT2D eigenvalue weighted by atomic mass is 32.2. The van der Waals surface area contributed by atoms with E-state index >= 15 is 0 Å². The lowest BCUT2D eigenvalue weighted by atomic mass is 10.0. The highest BCUT2D eigenvalue weighted by Gasteiger charge is 2.54. The number of benzene rings is 1. The zero-order chi connectivity index (χ0) is 24.7. The van der Waals surface area contributed by atoms with Gasteiger partial charge in [-0.1, -0.05) is 18.2 Å². The van der Waals surface area contributed by atoms with Crippen LogP contribution in [0.3, 0.4) is 0 Å². The van der Waals surface area contributed by atoms with Crippen molar-refractivity contribution in [1.29, 1.82) is 0 Å². The molecule has 13 nitrogen and oxygen atoms in total. The van der Waals surface area contributed by atoms with Crippen LogP contribution < -0.4 is 5.32 Å². The average molecular weight is 516 g/mol. The predicted molar refractivity (Wildman–Crippen MR) is 122 cm³/mol. The molecule has 0 bridgehead atoms. The summed E-state index contributed by atoms with van der Waals surface area (Å²) in [4.78, 5) is 38.6. The Labute approximate surface area is 205 Å². The Morgan fingerprint density at radius 2 is 2.06 bits per heavy atom. The standard InChI is InChI=1S/C20H17N7O6S2/c28-11-4-2-1-3-10(11)16(29)17(30)21-14-18(31)26-15(20(32)33)9(8-35-19(14)26)7-34-13-6-5-12-22-24-25-27(12)23-13/h1-6,14,16,19,28-29H,7-8H2,(H,21,30)(H,32,33)/t14?,16?,19-/m0/s1. The van der Waals surface area contributed by atoms with Gasteiger partial charge in [0.2, 0.25) is 0 Å². The van der Waals surface area contributed by atoms with E-state index in [4.69, 9.17) is 0 Å². The van der Waals surface area contributed by atoms with E-state index in [0.29, 0.717) is 22.0 Å². The number of carbonyl (C=O) groups excluding carboxylic acids is 2. The molecule has 0 aliphatic carbocycles. The van der Waals surface area contributed by atoms with E-state index in [1.807, 2.05) is 0 Å². The number of aliphatic hydroxyl groups excluding tert-OH is 1. The summed E-state index contributed by atoms with van der Waals surface area (Å²) >= 11 is 2.60. The van der Waals surface area contributed by atoms with Crippen molar-refractivity contribution in [2.45, 2.75) is 22.5 Å². The minimum absolute atomic E-state index is 0.00355. The maximum Gasteiger partial charge on any atom is 0.352 e. The summed E-state index contributed by atoms with van der Waals surface area (Å²) in [7, 11) is 0. The van der Waals surface area contributed by atoms with Crippen LogP contribution in [0.15, 0.2) is 52.7 Å². The van der Waals surface area contributed by atoms with Crippen LogP contribution in [0.25, 0.3) is 5.65 Å². The number of nitrogens with one attached hydrogen (secondary N) is 1. The lowest BCUT2D eigenvalue weighted by Gasteiger charge is -2.49. The molecule has 180 valence electrons. The van der Waals surface area contributed by atoms with Gasteiger partial charge in [-0.15, -0.1) is 38.4 Å². The number of aliphatic carboxylic acids is 1. The number of thioether (sulfide) groups is 2. The second-order valence-electron chi connectivity index (χ2n) is 7.60. The maximum absolute atomic E-state index is 12.8. The molecule has 3 atom stereocenters. The molecule has 0 spiro atoms. The fourth-order valence-corrected chi connectivity index (χ4v) is 6.09. The molecule has 1 saturated heterocycles. The van der Waals surface area contributed by atoms with Gasteiger partial charge >= 0.3 is 5.97 Å². The van der Waals surface area contributed by atoms with E-state index < -0.39 is 35.3 Å². The number of phenols is 1. The minimum Gasteiger partial charge on any atom is -0.508 e. The Morgan fingerprint density at radius 1 is 1.26 bits per heavy atom. The van der Waals surface area contributed by atoms with Gasteiger partial charge in [0.1, 0.15) is 27.9 Å². The molecule has 3 aromatic rings. The second kappa shape index (κ2) is 9.16. The summed E-state index contributed by atoms with van der Waals surface area (Å²) in [5, 5.41) is 47.7. The maximum atomic E-state index is 12.8. The lowest BCUT2D eigenvalue weighted by molar-refractivity contribution is -0.151. The number of aromatic hydroxyl groups is 1. The molecule has 15 heteroatoms. The number of fused-ring (bicyclic) bond motifs is 2. The zero-order valence-corrected chi connectivity index (χ0v) is 19.3. The van der Waals surface area contributed by atoms with Crippen molar-refractivity contribution >= 4 is 47.0 Å². The van der Waals surface area contributed by atoms with Crippen LogP contribution in [0.2, 0.25) is 0 Å². The molecular weight excluding hydrogens is 498 g/mol. The van der Waals surface area contributed by atoms with Crippen molar-refractivity contribution < 1.29 is 29.7 Å². The molecule has 2 aliphatic heterocycles. The normalized spacial score (nSPS) is 20.4. The van der Waals surface area contributed by atoms with Crippen LogP contribution in [0.1, 0.15) is 11.7 Å². The molecule has 4 N–H and O–H groups in total. The summed E-state index contributed by atoms with van der Waals surface area (Å²) < 4.78 is 1.26. The second-order valence-corrected chi connectivity index (χ2v) is 9.70. The van der Waals surface area contributed by atoms with Gasteiger partial charge in [0.05, 0.1) is 0 Å². The SMILES string of the molecule is O=C(O)C1=C(CSc2ccc3nnnn3n2)CS[C@H]2C(NC(=O)C(O)c3ccccc3O)C(=O)N12. The number of para-hydroxylation sites is 1. The summed E-state index contributed by atoms with van der Waals surface area (Å²) in [6.07, 6.45) is -1.68. The van der Waals surface area contributed by atoms with Crippen LogP contribution in [-0.2, 0) is 14.4 Å². The highest BCUT2D eigenvalue weighted by molar-refractivity contribution is 8.01. The van der Waals surface area contributed by atoms with Crippen molar-refractivity contribution in [3.8, 4) is 5.75 Å². The predicted octanol–water partition coefficient (Wildman–Crippen LogP) is -0.211. The van der Waals surface area contributed by atoms with E-state index in [2.05, 4.69) is 25.9 Å². The smallest absolute Gasteiger partial charge is 0.352 e. The molecule has 35 heavy (non-hydrogen) atoms. The molecule has 1 aromatic carbocycles. The number of tetrazole rings is 1. The van der Waals surface area contributed by atoms with Crippen LogP contribution in [0.5, 0.6) is 5.75 Å². The first kappa shape index (κ1) is 23.1. The number of aliphatic hydroxyl groups is 1. The number of hydrogen-bond donors (Lipinski definition) is 4. The van der Waals surface area contributed by atoms with Gasteiger partial charge in [0.15, 0.2) is 11.8 Å². The Kier molecular flexibility index (Phi) is 6.04. The van der Waals surface area contributed by atoms with E-state index in [-0.39, 0.29) is 22.8 Å². The van der Waals surface area contributed by atoms with Gasteiger partial charge in [-0.2, -0.15) is 0 Å². The fraction of sp³-hybridized carbons (Fsp3) is 0.250. The van der Waals surface area contributed by atoms with Crippen LogP contribution in [0.4, 0.5) is 0 Å². The molecule has 4 heterocycles. The number of nitrogens with zero attached hydrogens (tertiary/aromatic N) is 6. The van der Waals surface area contributed by atoms with E-state index in [1.54, 1.807) is 24.3 Å². The van der Waals surface area contributed by atoms with Gasteiger partial charge in [-0.25, -0.2) is 4.79 Å². The van der Waals surface area contributed by atoms with Gasteiger partial charge < -0.3 is 20.6 Å². The molecule has 2 aromatic heterocycles. The van der Waals surface area contributed by atoms with Crippen LogP contribution in [-0.4, -0.2) is 86.2 Å². The van der Waals surface area contributed by atoms with E-state index in [1.165, 1.54) is 40.3 Å². The van der Waals surface area contributed by atoms with Crippen molar-refractivity contribution in [2.75, 3.05) is 11.5 Å². The monoisotopic (exact) mass is 515 g/mol. The Balaban J connectivity index is 1.29. The first-order valence-corrected chi connectivity index (χ1v) is 12.2. The number of phenolic OH excluding ortho intramolecular Hbond substituents is 1. The molecule has 1 fully saturated rings. The molecule has 0 saturated carbocycles. The molecule has 5 rings (SSSR count). The Bertz CT molecular complexity index is 1380. The van der Waals surface area contributed by atoms with E-state index in [0.717, 1.165) is 4.90 Å².